The van der Waals surface area contributed by atoms with Gasteiger partial charge in [0.15, 0.2) is 0 Å². The number of allylic oxidation sites excluding steroid dienone is 2. The predicted molar refractivity (Wildman–Crippen MR) is 110 cm³/mol. The summed E-state index contributed by atoms with van der Waals surface area (Å²) < 4.78 is 12.2. The monoisotopic (exact) mass is 367 g/mol. The van der Waals surface area contributed by atoms with Crippen LogP contribution in [0.15, 0.2) is 36.4 Å². The van der Waals surface area contributed by atoms with E-state index in [0.717, 1.165) is 17.4 Å². The van der Waals surface area contributed by atoms with E-state index in [1.54, 1.807) is 0 Å². The van der Waals surface area contributed by atoms with Crippen LogP contribution in [0.4, 0.5) is 4.39 Å². The van der Waals surface area contributed by atoms with E-state index in [1.165, 1.54) is 69.8 Å². The van der Waals surface area contributed by atoms with Gasteiger partial charge in [0.1, 0.15) is 0 Å². The minimum Gasteiger partial charge on any atom is -0.251 e. The van der Waals surface area contributed by atoms with Crippen LogP contribution in [0.5, 0.6) is 0 Å². The summed E-state index contributed by atoms with van der Waals surface area (Å²) in [6.45, 7) is -0.223. The molecule has 1 aromatic carbocycles. The molecule has 2 saturated carbocycles. The van der Waals surface area contributed by atoms with Crippen molar-refractivity contribution in [3.63, 3.8) is 0 Å². The van der Waals surface area contributed by atoms with Crippen LogP contribution in [0.1, 0.15) is 87.7 Å². The molecule has 0 unspecified atom stereocenters. The molecular weight excluding hydrogens is 333 g/mol. The van der Waals surface area contributed by atoms with Gasteiger partial charge in [-0.05, 0) is 99.2 Å². The number of halogens is 1. The zero-order valence-electron chi connectivity index (χ0n) is 16.6. The zero-order valence-corrected chi connectivity index (χ0v) is 16.6. The number of nitrogens with zero attached hydrogens (tertiary/aromatic N) is 1. The average Bonchev–Trinajstić information content (AvgIpc) is 2.74. The van der Waals surface area contributed by atoms with E-state index in [0.29, 0.717) is 18.3 Å². The van der Waals surface area contributed by atoms with Crippen molar-refractivity contribution in [3.05, 3.63) is 47.5 Å². The van der Waals surface area contributed by atoms with Gasteiger partial charge in [-0.3, -0.25) is 4.39 Å². The van der Waals surface area contributed by atoms with E-state index in [2.05, 4.69) is 24.3 Å². The Morgan fingerprint density at radius 2 is 1.48 bits per heavy atom. The van der Waals surface area contributed by atoms with Gasteiger partial charge in [-0.1, -0.05) is 37.1 Å². The molecule has 0 amide bonds. The highest BCUT2D eigenvalue weighted by atomic mass is 19.1. The molecule has 2 aliphatic carbocycles. The molecular formula is C25H34FN. The molecule has 0 spiro atoms. The Morgan fingerprint density at radius 3 is 2.04 bits per heavy atom. The molecule has 1 nitrogen and oxygen atoms in total. The Bertz CT molecular complexity index is 611. The maximum atomic E-state index is 12.2. The second-order valence-electron chi connectivity index (χ2n) is 8.72. The standard InChI is InChI=1S/C25H34FN/c26-18-2-1-3-20-4-6-21(7-5-20)8-9-22-10-14-24(15-11-22)25-16-12-23(19-27)13-17-25/h1,3,12-13,16-17,20-22,24H,2,4-11,14-15,18H2. The minimum atomic E-state index is -0.223. The molecule has 2 fully saturated rings. The molecule has 0 saturated heterocycles. The first kappa shape index (κ1) is 20.1. The lowest BCUT2D eigenvalue weighted by molar-refractivity contribution is 0.246. The van der Waals surface area contributed by atoms with Crippen LogP contribution in [-0.4, -0.2) is 6.67 Å². The molecule has 27 heavy (non-hydrogen) atoms. The lowest BCUT2D eigenvalue weighted by atomic mass is 9.74. The maximum Gasteiger partial charge on any atom is 0.0991 e. The quantitative estimate of drug-likeness (QED) is 0.463. The van der Waals surface area contributed by atoms with E-state index in [4.69, 9.17) is 5.26 Å². The van der Waals surface area contributed by atoms with Crippen molar-refractivity contribution in [3.8, 4) is 6.07 Å². The molecule has 0 N–H and O–H groups in total. The largest absolute Gasteiger partial charge is 0.251 e. The smallest absolute Gasteiger partial charge is 0.0991 e. The second-order valence-corrected chi connectivity index (χ2v) is 8.72. The molecule has 1 aromatic rings. The lowest BCUT2D eigenvalue weighted by Gasteiger charge is -2.31. The van der Waals surface area contributed by atoms with Crippen molar-refractivity contribution >= 4 is 0 Å². The number of alkyl halides is 1. The van der Waals surface area contributed by atoms with Crippen LogP contribution in [0, 0.1) is 29.1 Å². The van der Waals surface area contributed by atoms with Crippen LogP contribution >= 0.6 is 0 Å². The fourth-order valence-corrected chi connectivity index (χ4v) is 5.11. The highest BCUT2D eigenvalue weighted by molar-refractivity contribution is 5.33. The van der Waals surface area contributed by atoms with E-state index >= 15 is 0 Å². The van der Waals surface area contributed by atoms with Crippen molar-refractivity contribution in [2.24, 2.45) is 17.8 Å². The number of hydrogen-bond acceptors (Lipinski definition) is 1. The van der Waals surface area contributed by atoms with Gasteiger partial charge in [-0.25, -0.2) is 0 Å². The number of rotatable bonds is 7. The lowest BCUT2D eigenvalue weighted by Crippen LogP contribution is -2.17. The number of benzene rings is 1. The van der Waals surface area contributed by atoms with Crippen LogP contribution in [0.2, 0.25) is 0 Å². The molecule has 2 heteroatoms. The molecule has 3 rings (SSSR count). The fourth-order valence-electron chi connectivity index (χ4n) is 5.11. The third kappa shape index (κ3) is 6.20. The summed E-state index contributed by atoms with van der Waals surface area (Å²) in [6, 6.07) is 10.4. The van der Waals surface area contributed by atoms with Crippen molar-refractivity contribution < 1.29 is 4.39 Å². The highest BCUT2D eigenvalue weighted by Crippen LogP contribution is 2.39. The van der Waals surface area contributed by atoms with Gasteiger partial charge < -0.3 is 0 Å². The third-order valence-corrected chi connectivity index (χ3v) is 6.92. The van der Waals surface area contributed by atoms with Gasteiger partial charge in [0.25, 0.3) is 0 Å². The molecule has 0 aliphatic heterocycles. The summed E-state index contributed by atoms with van der Waals surface area (Å²) in [6.07, 6.45) is 18.4. The van der Waals surface area contributed by atoms with E-state index in [9.17, 15) is 4.39 Å². The van der Waals surface area contributed by atoms with Crippen LogP contribution in [-0.2, 0) is 0 Å². The summed E-state index contributed by atoms with van der Waals surface area (Å²) in [5.74, 6) is 3.24. The Morgan fingerprint density at radius 1 is 0.889 bits per heavy atom. The first-order chi connectivity index (χ1) is 13.3. The van der Waals surface area contributed by atoms with Crippen molar-refractivity contribution in [2.45, 2.75) is 76.5 Å². The van der Waals surface area contributed by atoms with Gasteiger partial charge >= 0.3 is 0 Å². The highest BCUT2D eigenvalue weighted by Gasteiger charge is 2.24. The number of nitriles is 1. The summed E-state index contributed by atoms with van der Waals surface area (Å²) >= 11 is 0. The van der Waals surface area contributed by atoms with Gasteiger partial charge in [0, 0.05) is 0 Å². The Hall–Kier alpha value is -1.62. The molecule has 0 radical (unpaired) electrons. The SMILES string of the molecule is N#Cc1ccc(C2CCC(CCC3CCC(C=CCCF)CC3)CC2)cc1. The molecule has 0 bridgehead atoms. The minimum absolute atomic E-state index is 0.223. The molecule has 0 atom stereocenters. The van der Waals surface area contributed by atoms with E-state index in [1.807, 2.05) is 18.2 Å². The summed E-state index contributed by atoms with van der Waals surface area (Å²) in [5, 5.41) is 8.94. The van der Waals surface area contributed by atoms with Gasteiger partial charge in [0.05, 0.1) is 18.3 Å². The predicted octanol–water partition coefficient (Wildman–Crippen LogP) is 7.33. The Labute approximate surface area is 164 Å². The normalized spacial score (nSPS) is 28.9. The summed E-state index contributed by atoms with van der Waals surface area (Å²) in [5.41, 5.74) is 2.19. The van der Waals surface area contributed by atoms with E-state index < -0.39 is 0 Å². The van der Waals surface area contributed by atoms with E-state index in [-0.39, 0.29) is 6.67 Å². The second kappa shape index (κ2) is 10.6. The maximum absolute atomic E-state index is 12.2. The topological polar surface area (TPSA) is 23.8 Å². The van der Waals surface area contributed by atoms with Crippen molar-refractivity contribution in [1.29, 1.82) is 5.26 Å². The van der Waals surface area contributed by atoms with Crippen LogP contribution < -0.4 is 0 Å². The third-order valence-electron chi connectivity index (χ3n) is 6.92. The number of hydrogen-bond donors (Lipinski definition) is 0. The van der Waals surface area contributed by atoms with Crippen LogP contribution in [0.25, 0.3) is 0 Å². The Kier molecular flexibility index (Phi) is 7.93. The molecule has 2 aliphatic rings. The first-order valence-corrected chi connectivity index (χ1v) is 11.0. The zero-order chi connectivity index (χ0) is 18.9. The van der Waals surface area contributed by atoms with Gasteiger partial charge in [-0.15, -0.1) is 0 Å². The summed E-state index contributed by atoms with van der Waals surface area (Å²) in [4.78, 5) is 0. The average molecular weight is 368 g/mol. The van der Waals surface area contributed by atoms with Crippen molar-refractivity contribution in [2.75, 3.05) is 6.67 Å². The van der Waals surface area contributed by atoms with Gasteiger partial charge in [0.2, 0.25) is 0 Å². The molecule has 146 valence electrons. The van der Waals surface area contributed by atoms with Gasteiger partial charge in [-0.2, -0.15) is 5.26 Å². The fraction of sp³-hybridized carbons (Fsp3) is 0.640. The summed E-state index contributed by atoms with van der Waals surface area (Å²) in [7, 11) is 0. The van der Waals surface area contributed by atoms with Crippen LogP contribution in [0.3, 0.4) is 0 Å². The molecule has 0 aromatic heterocycles. The molecule has 0 heterocycles. The van der Waals surface area contributed by atoms with Crippen molar-refractivity contribution in [1.82, 2.24) is 0 Å². The Balaban J connectivity index is 1.33. The first-order valence-electron chi connectivity index (χ1n) is 11.0.